The first kappa shape index (κ1) is 16.8. The molecular weight excluding hydrogens is 274 g/mol. The summed E-state index contributed by atoms with van der Waals surface area (Å²) >= 11 is 0. The van der Waals surface area contributed by atoms with E-state index >= 15 is 0 Å². The first-order chi connectivity index (χ1) is 10.6. The van der Waals surface area contributed by atoms with Crippen molar-refractivity contribution >= 4 is 11.6 Å². The number of likely N-dealkylation sites (N-methyl/N-ethyl adjacent to an activating group) is 1. The van der Waals surface area contributed by atoms with Gasteiger partial charge in [0.15, 0.2) is 5.96 Å². The third-order valence-electron chi connectivity index (χ3n) is 4.08. The topological polar surface area (TPSA) is 56.9 Å². The zero-order valence-corrected chi connectivity index (χ0v) is 13.9. The maximum atomic E-state index is 5.91. The van der Waals surface area contributed by atoms with Crippen LogP contribution in [0.2, 0.25) is 0 Å². The van der Waals surface area contributed by atoms with Gasteiger partial charge in [-0.2, -0.15) is 0 Å². The molecule has 5 heteroatoms. The van der Waals surface area contributed by atoms with Crippen molar-refractivity contribution in [3.8, 4) is 0 Å². The van der Waals surface area contributed by atoms with E-state index in [1.807, 2.05) is 12.1 Å². The normalized spacial score (nSPS) is 17.6. The van der Waals surface area contributed by atoms with Gasteiger partial charge in [0.2, 0.25) is 0 Å². The van der Waals surface area contributed by atoms with Crippen LogP contribution in [0.4, 0.5) is 5.69 Å². The molecule has 0 radical (unpaired) electrons. The highest BCUT2D eigenvalue weighted by Gasteiger charge is 2.12. The number of guanidine groups is 1. The van der Waals surface area contributed by atoms with E-state index in [4.69, 9.17) is 5.73 Å². The van der Waals surface area contributed by atoms with Crippen LogP contribution in [0, 0.1) is 6.92 Å². The van der Waals surface area contributed by atoms with E-state index in [2.05, 4.69) is 46.2 Å². The molecule has 1 heterocycles. The van der Waals surface area contributed by atoms with E-state index in [9.17, 15) is 0 Å². The van der Waals surface area contributed by atoms with Crippen LogP contribution in [0.25, 0.3) is 0 Å². The molecule has 0 bridgehead atoms. The summed E-state index contributed by atoms with van der Waals surface area (Å²) < 4.78 is 0. The summed E-state index contributed by atoms with van der Waals surface area (Å²) in [5.74, 6) is 0.503. The van der Waals surface area contributed by atoms with Crippen LogP contribution in [0.1, 0.15) is 18.4 Å². The minimum Gasteiger partial charge on any atom is -0.370 e. The molecule has 1 aromatic carbocycles. The summed E-state index contributed by atoms with van der Waals surface area (Å²) in [6, 6.07) is 8.16. The highest BCUT2D eigenvalue weighted by atomic mass is 15.2. The highest BCUT2D eigenvalue weighted by Crippen LogP contribution is 2.08. The molecule has 1 fully saturated rings. The van der Waals surface area contributed by atoms with E-state index in [-0.39, 0.29) is 0 Å². The van der Waals surface area contributed by atoms with Crippen molar-refractivity contribution in [3.63, 3.8) is 0 Å². The summed E-state index contributed by atoms with van der Waals surface area (Å²) in [5.41, 5.74) is 8.14. The standard InChI is InChI=1S/C17H29N5/c1-15-5-7-16(8-6-15)20-17(18)19-9-3-4-10-22-13-11-21(2)12-14-22/h5-8H,3-4,9-14H2,1-2H3,(H3,18,19,20). The molecular formula is C17H29N5. The lowest BCUT2D eigenvalue weighted by molar-refractivity contribution is 0.152. The van der Waals surface area contributed by atoms with Crippen molar-refractivity contribution in [1.29, 1.82) is 0 Å². The molecule has 122 valence electrons. The van der Waals surface area contributed by atoms with Gasteiger partial charge < -0.3 is 20.9 Å². The summed E-state index contributed by atoms with van der Waals surface area (Å²) in [6.07, 6.45) is 2.27. The molecule has 22 heavy (non-hydrogen) atoms. The van der Waals surface area contributed by atoms with Gasteiger partial charge in [0.25, 0.3) is 0 Å². The van der Waals surface area contributed by atoms with Crippen molar-refractivity contribution in [1.82, 2.24) is 9.80 Å². The molecule has 0 spiro atoms. The third kappa shape index (κ3) is 6.03. The number of unbranched alkanes of at least 4 members (excludes halogenated alkanes) is 1. The Morgan fingerprint density at radius 1 is 1.14 bits per heavy atom. The first-order valence-electron chi connectivity index (χ1n) is 8.18. The summed E-state index contributed by atoms with van der Waals surface area (Å²) in [4.78, 5) is 9.32. The zero-order valence-electron chi connectivity index (χ0n) is 13.9. The number of piperazine rings is 1. The molecule has 0 saturated carbocycles. The van der Waals surface area contributed by atoms with E-state index in [1.54, 1.807) is 0 Å². The number of aryl methyl sites for hydroxylation is 1. The minimum atomic E-state index is 0.503. The SMILES string of the molecule is Cc1ccc(NC(N)=NCCCCN2CCN(C)CC2)cc1. The fraction of sp³-hybridized carbons (Fsp3) is 0.588. The Morgan fingerprint density at radius 3 is 2.50 bits per heavy atom. The number of benzene rings is 1. The monoisotopic (exact) mass is 303 g/mol. The molecule has 0 amide bonds. The lowest BCUT2D eigenvalue weighted by Gasteiger charge is -2.32. The zero-order chi connectivity index (χ0) is 15.8. The van der Waals surface area contributed by atoms with Crippen LogP contribution in [-0.2, 0) is 0 Å². The maximum absolute atomic E-state index is 5.91. The van der Waals surface area contributed by atoms with Crippen LogP contribution in [0.5, 0.6) is 0 Å². The second-order valence-electron chi connectivity index (χ2n) is 6.11. The maximum Gasteiger partial charge on any atom is 0.193 e. The van der Waals surface area contributed by atoms with E-state index in [1.165, 1.54) is 44.7 Å². The predicted molar refractivity (Wildman–Crippen MR) is 94.5 cm³/mol. The van der Waals surface area contributed by atoms with Gasteiger partial charge >= 0.3 is 0 Å². The van der Waals surface area contributed by atoms with Crippen molar-refractivity contribution in [2.24, 2.45) is 10.7 Å². The molecule has 1 saturated heterocycles. The quantitative estimate of drug-likeness (QED) is 0.477. The second-order valence-corrected chi connectivity index (χ2v) is 6.11. The van der Waals surface area contributed by atoms with Crippen LogP contribution in [-0.4, -0.2) is 62.1 Å². The fourth-order valence-electron chi connectivity index (χ4n) is 2.54. The largest absolute Gasteiger partial charge is 0.370 e. The third-order valence-corrected chi connectivity index (χ3v) is 4.08. The number of nitrogens with two attached hydrogens (primary N) is 1. The van der Waals surface area contributed by atoms with Crippen molar-refractivity contribution in [2.45, 2.75) is 19.8 Å². The lowest BCUT2D eigenvalue weighted by atomic mass is 10.2. The molecule has 1 aromatic rings. The molecule has 0 atom stereocenters. The van der Waals surface area contributed by atoms with Crippen molar-refractivity contribution in [2.75, 3.05) is 51.6 Å². The molecule has 5 nitrogen and oxygen atoms in total. The Kier molecular flexibility index (Phi) is 6.68. The van der Waals surface area contributed by atoms with Crippen LogP contribution >= 0.6 is 0 Å². The Hall–Kier alpha value is -1.59. The number of aliphatic imine (C=N–C) groups is 1. The molecule has 0 aliphatic carbocycles. The van der Waals surface area contributed by atoms with Gasteiger partial charge in [-0.15, -0.1) is 0 Å². The van der Waals surface area contributed by atoms with Gasteiger partial charge in [0.1, 0.15) is 0 Å². The van der Waals surface area contributed by atoms with Gasteiger partial charge in [-0.05, 0) is 45.5 Å². The minimum absolute atomic E-state index is 0.503. The first-order valence-corrected chi connectivity index (χ1v) is 8.18. The lowest BCUT2D eigenvalue weighted by Crippen LogP contribution is -2.44. The van der Waals surface area contributed by atoms with Gasteiger partial charge in [0, 0.05) is 38.4 Å². The highest BCUT2D eigenvalue weighted by molar-refractivity contribution is 5.92. The van der Waals surface area contributed by atoms with Gasteiger partial charge in [0.05, 0.1) is 0 Å². The van der Waals surface area contributed by atoms with Crippen LogP contribution in [0.15, 0.2) is 29.3 Å². The van der Waals surface area contributed by atoms with Crippen molar-refractivity contribution < 1.29 is 0 Å². The molecule has 0 aromatic heterocycles. The Labute approximate surface area is 134 Å². The number of anilines is 1. The predicted octanol–water partition coefficient (Wildman–Crippen LogP) is 1.75. The number of nitrogens with zero attached hydrogens (tertiary/aromatic N) is 3. The molecule has 2 rings (SSSR count). The second kappa shape index (κ2) is 8.76. The average Bonchev–Trinajstić information content (AvgIpc) is 2.51. The fourth-order valence-corrected chi connectivity index (χ4v) is 2.54. The molecule has 3 N–H and O–H groups in total. The smallest absolute Gasteiger partial charge is 0.193 e. The van der Waals surface area contributed by atoms with E-state index in [0.29, 0.717) is 5.96 Å². The summed E-state index contributed by atoms with van der Waals surface area (Å²) in [6.45, 7) is 8.79. The number of rotatable bonds is 6. The van der Waals surface area contributed by atoms with Gasteiger partial charge in [-0.25, -0.2) is 0 Å². The number of hydrogen-bond donors (Lipinski definition) is 2. The van der Waals surface area contributed by atoms with Gasteiger partial charge in [-0.1, -0.05) is 17.7 Å². The molecule has 1 aliphatic rings. The van der Waals surface area contributed by atoms with Crippen LogP contribution in [0.3, 0.4) is 0 Å². The summed E-state index contributed by atoms with van der Waals surface area (Å²) in [7, 11) is 2.19. The summed E-state index contributed by atoms with van der Waals surface area (Å²) in [5, 5.41) is 3.13. The van der Waals surface area contributed by atoms with Crippen LogP contribution < -0.4 is 11.1 Å². The van der Waals surface area contributed by atoms with Crippen molar-refractivity contribution in [3.05, 3.63) is 29.8 Å². The van der Waals surface area contributed by atoms with Gasteiger partial charge in [-0.3, -0.25) is 4.99 Å². The molecule has 1 aliphatic heterocycles. The Bertz CT molecular complexity index is 460. The van der Waals surface area contributed by atoms with E-state index in [0.717, 1.165) is 18.7 Å². The number of hydrogen-bond acceptors (Lipinski definition) is 3. The average molecular weight is 303 g/mol. The Morgan fingerprint density at radius 2 is 1.82 bits per heavy atom. The molecule has 0 unspecified atom stereocenters. The van der Waals surface area contributed by atoms with E-state index < -0.39 is 0 Å². The Balaban J connectivity index is 1.59. The number of nitrogens with one attached hydrogen (secondary N) is 1.